The Balaban J connectivity index is 1.44. The maximum Gasteiger partial charge on any atom is 0.278 e. The quantitative estimate of drug-likeness (QED) is 0.453. The molecular formula is C24H20N2O2S. The van der Waals surface area contributed by atoms with Gasteiger partial charge in [-0.15, -0.1) is 0 Å². The van der Waals surface area contributed by atoms with Crippen LogP contribution < -0.4 is 10.1 Å². The van der Waals surface area contributed by atoms with Gasteiger partial charge in [0, 0.05) is 18.1 Å². The molecule has 144 valence electrons. The minimum absolute atomic E-state index is 0.0227. The van der Waals surface area contributed by atoms with Crippen molar-refractivity contribution in [1.29, 1.82) is 0 Å². The van der Waals surface area contributed by atoms with E-state index in [1.807, 2.05) is 90.3 Å². The zero-order valence-corrected chi connectivity index (χ0v) is 16.5. The van der Waals surface area contributed by atoms with Crippen molar-refractivity contribution < 1.29 is 9.53 Å². The number of ether oxygens (including phenoxy) is 1. The number of amides is 1. The van der Waals surface area contributed by atoms with E-state index < -0.39 is 0 Å². The van der Waals surface area contributed by atoms with Gasteiger partial charge in [-0.1, -0.05) is 84.1 Å². The third kappa shape index (κ3) is 4.89. The Morgan fingerprint density at radius 3 is 2.07 bits per heavy atom. The van der Waals surface area contributed by atoms with Gasteiger partial charge < -0.3 is 10.1 Å². The topological polar surface area (TPSA) is 51.2 Å². The molecule has 29 heavy (non-hydrogen) atoms. The highest BCUT2D eigenvalue weighted by molar-refractivity contribution is 7.11. The van der Waals surface area contributed by atoms with Crippen LogP contribution in [0.25, 0.3) is 0 Å². The van der Waals surface area contributed by atoms with Crippen LogP contribution in [0, 0.1) is 0 Å². The van der Waals surface area contributed by atoms with Gasteiger partial charge in [-0.3, -0.25) is 4.79 Å². The molecule has 1 heterocycles. The van der Waals surface area contributed by atoms with E-state index in [9.17, 15) is 4.79 Å². The number of carbonyl (C=O) groups excluding carboxylic acids is 1. The molecule has 4 nitrogen and oxygen atoms in total. The summed E-state index contributed by atoms with van der Waals surface area (Å²) in [4.78, 5) is 17.2. The second-order valence-corrected chi connectivity index (χ2v) is 7.37. The van der Waals surface area contributed by atoms with Gasteiger partial charge in [-0.05, 0) is 28.8 Å². The second kappa shape index (κ2) is 9.17. The summed E-state index contributed by atoms with van der Waals surface area (Å²) in [5.74, 6) is 0.358. The number of carbonyl (C=O) groups is 1. The van der Waals surface area contributed by atoms with Crippen molar-refractivity contribution in [1.82, 2.24) is 10.3 Å². The van der Waals surface area contributed by atoms with Gasteiger partial charge in [0.2, 0.25) is 5.91 Å². The number of hydrogen-bond donors (Lipinski definition) is 1. The van der Waals surface area contributed by atoms with Crippen LogP contribution in [0.4, 0.5) is 0 Å². The highest BCUT2D eigenvalue weighted by atomic mass is 32.1. The first-order valence-corrected chi connectivity index (χ1v) is 10.2. The van der Waals surface area contributed by atoms with Gasteiger partial charge in [0.05, 0.1) is 5.92 Å². The second-order valence-electron chi connectivity index (χ2n) is 6.52. The van der Waals surface area contributed by atoms with Gasteiger partial charge in [0.15, 0.2) is 0 Å². The van der Waals surface area contributed by atoms with Crippen LogP contribution in [0.1, 0.15) is 22.6 Å². The minimum Gasteiger partial charge on any atom is -0.431 e. The summed E-state index contributed by atoms with van der Waals surface area (Å²) in [6.07, 6.45) is 1.71. The summed E-state index contributed by atoms with van der Waals surface area (Å²) < 4.78 is 5.67. The number of nitrogens with one attached hydrogen (secondary N) is 1. The summed E-state index contributed by atoms with van der Waals surface area (Å²) in [6.45, 7) is 0.451. The van der Waals surface area contributed by atoms with Gasteiger partial charge in [0.1, 0.15) is 5.75 Å². The molecular weight excluding hydrogens is 380 g/mol. The van der Waals surface area contributed by atoms with Crippen molar-refractivity contribution in [3.63, 3.8) is 0 Å². The van der Waals surface area contributed by atoms with E-state index in [0.29, 0.717) is 11.7 Å². The van der Waals surface area contributed by atoms with Crippen molar-refractivity contribution in [2.45, 2.75) is 12.5 Å². The van der Waals surface area contributed by atoms with E-state index in [1.54, 1.807) is 6.20 Å². The molecule has 0 saturated heterocycles. The third-order valence-corrected chi connectivity index (χ3v) is 5.18. The number of rotatable bonds is 7. The highest BCUT2D eigenvalue weighted by Crippen LogP contribution is 2.26. The molecule has 0 fully saturated rings. The molecule has 0 saturated carbocycles. The Bertz CT molecular complexity index is 994. The van der Waals surface area contributed by atoms with Crippen LogP contribution in [-0.4, -0.2) is 10.9 Å². The molecule has 0 aliphatic rings. The predicted molar refractivity (Wildman–Crippen MR) is 115 cm³/mol. The molecule has 0 aliphatic heterocycles. The minimum atomic E-state index is -0.343. The first-order chi connectivity index (χ1) is 14.3. The van der Waals surface area contributed by atoms with Crippen molar-refractivity contribution in [3.8, 4) is 10.9 Å². The molecule has 0 aliphatic carbocycles. The molecule has 0 atom stereocenters. The Hall–Kier alpha value is -3.44. The highest BCUT2D eigenvalue weighted by Gasteiger charge is 2.22. The Morgan fingerprint density at radius 2 is 1.52 bits per heavy atom. The molecule has 0 spiro atoms. The molecule has 0 unspecified atom stereocenters. The number of thiazole rings is 1. The van der Waals surface area contributed by atoms with Crippen LogP contribution in [-0.2, 0) is 11.3 Å². The lowest BCUT2D eigenvalue weighted by molar-refractivity contribution is -0.121. The summed E-state index contributed by atoms with van der Waals surface area (Å²) in [6, 6.07) is 27.4. The Labute approximate surface area is 173 Å². The van der Waals surface area contributed by atoms with Crippen molar-refractivity contribution in [3.05, 3.63) is 113 Å². The van der Waals surface area contributed by atoms with E-state index in [0.717, 1.165) is 22.4 Å². The first kappa shape index (κ1) is 18.9. The maximum absolute atomic E-state index is 13.1. The van der Waals surface area contributed by atoms with Gasteiger partial charge >= 0.3 is 0 Å². The van der Waals surface area contributed by atoms with Crippen LogP contribution in [0.5, 0.6) is 10.9 Å². The van der Waals surface area contributed by atoms with Gasteiger partial charge in [0.25, 0.3) is 5.19 Å². The molecule has 1 N–H and O–H groups in total. The van der Waals surface area contributed by atoms with Gasteiger partial charge in [-0.2, -0.15) is 0 Å². The predicted octanol–water partition coefficient (Wildman–Crippen LogP) is 5.38. The number of hydrogen-bond acceptors (Lipinski definition) is 4. The lowest BCUT2D eigenvalue weighted by Crippen LogP contribution is -2.29. The summed E-state index contributed by atoms with van der Waals surface area (Å²) >= 11 is 1.44. The third-order valence-electron chi connectivity index (χ3n) is 4.53. The smallest absolute Gasteiger partial charge is 0.278 e. The van der Waals surface area contributed by atoms with Crippen LogP contribution in [0.3, 0.4) is 0 Å². The molecule has 4 aromatic rings. The number of benzene rings is 3. The fourth-order valence-corrected chi connectivity index (χ4v) is 3.62. The molecule has 0 bridgehead atoms. The Kier molecular flexibility index (Phi) is 5.98. The number of nitrogens with zero attached hydrogens (tertiary/aromatic N) is 1. The monoisotopic (exact) mass is 400 g/mol. The van der Waals surface area contributed by atoms with E-state index in [1.165, 1.54) is 11.3 Å². The fraction of sp³-hybridized carbons (Fsp3) is 0.0833. The molecule has 3 aromatic carbocycles. The van der Waals surface area contributed by atoms with Crippen molar-refractivity contribution in [2.24, 2.45) is 0 Å². The zero-order valence-electron chi connectivity index (χ0n) is 15.7. The summed E-state index contributed by atoms with van der Waals surface area (Å²) in [5.41, 5.74) is 2.96. The van der Waals surface area contributed by atoms with Crippen LogP contribution in [0.2, 0.25) is 0 Å². The average Bonchev–Trinajstić information content (AvgIpc) is 3.28. The largest absolute Gasteiger partial charge is 0.431 e. The molecule has 4 rings (SSSR count). The van der Waals surface area contributed by atoms with Crippen LogP contribution >= 0.6 is 11.3 Å². The van der Waals surface area contributed by atoms with Crippen LogP contribution in [0.15, 0.2) is 96.5 Å². The summed E-state index contributed by atoms with van der Waals surface area (Å²) in [7, 11) is 0. The molecule has 1 aromatic heterocycles. The summed E-state index contributed by atoms with van der Waals surface area (Å²) in [5, 5.41) is 5.55. The molecule has 0 radical (unpaired) electrons. The first-order valence-electron chi connectivity index (χ1n) is 9.33. The zero-order chi connectivity index (χ0) is 19.9. The lowest BCUT2D eigenvalue weighted by Gasteiger charge is -2.18. The fourth-order valence-electron chi connectivity index (χ4n) is 3.11. The molecule has 1 amide bonds. The molecule has 5 heteroatoms. The SMILES string of the molecule is O=C(NCc1ccc(Oc2nccs2)cc1)C(c1ccccc1)c1ccccc1. The normalized spacial score (nSPS) is 10.7. The van der Waals surface area contributed by atoms with Gasteiger partial charge in [-0.25, -0.2) is 4.98 Å². The van der Waals surface area contributed by atoms with Crippen molar-refractivity contribution in [2.75, 3.05) is 0 Å². The standard InChI is InChI=1S/C24H20N2O2S/c27-23(22(19-7-3-1-4-8-19)20-9-5-2-6-10-20)26-17-18-11-13-21(14-12-18)28-24-25-15-16-29-24/h1-16,22H,17H2,(H,26,27). The number of aromatic nitrogens is 1. The van der Waals surface area contributed by atoms with Crippen molar-refractivity contribution >= 4 is 17.2 Å². The maximum atomic E-state index is 13.1. The van der Waals surface area contributed by atoms with E-state index in [-0.39, 0.29) is 11.8 Å². The Morgan fingerprint density at radius 1 is 0.897 bits per heavy atom. The van der Waals surface area contributed by atoms with E-state index >= 15 is 0 Å². The van der Waals surface area contributed by atoms with E-state index in [2.05, 4.69) is 10.3 Å². The average molecular weight is 401 g/mol. The lowest BCUT2D eigenvalue weighted by atomic mass is 9.90. The van der Waals surface area contributed by atoms with E-state index in [4.69, 9.17) is 4.74 Å².